The molecule has 3 heteroatoms. The van der Waals surface area contributed by atoms with E-state index in [1.807, 2.05) is 0 Å². The molecule has 1 aromatic heterocycles. The van der Waals surface area contributed by atoms with Crippen molar-refractivity contribution >= 4 is 17.0 Å². The highest BCUT2D eigenvalue weighted by atomic mass is 32.1. The second kappa shape index (κ2) is 6.32. The van der Waals surface area contributed by atoms with Gasteiger partial charge in [-0.15, -0.1) is 11.3 Å². The number of aromatic nitrogens is 1. The Hall–Kier alpha value is -2.13. The van der Waals surface area contributed by atoms with Crippen molar-refractivity contribution in [3.05, 3.63) is 81.1 Å². The molecule has 22 heavy (non-hydrogen) atoms. The van der Waals surface area contributed by atoms with Gasteiger partial charge in [0.25, 0.3) is 0 Å². The van der Waals surface area contributed by atoms with E-state index in [9.17, 15) is 0 Å². The Morgan fingerprint density at radius 2 is 1.73 bits per heavy atom. The van der Waals surface area contributed by atoms with Gasteiger partial charge >= 0.3 is 0 Å². The van der Waals surface area contributed by atoms with Crippen LogP contribution in [0, 0.1) is 20.8 Å². The van der Waals surface area contributed by atoms with E-state index >= 15 is 0 Å². The molecule has 0 unspecified atom stereocenters. The summed E-state index contributed by atoms with van der Waals surface area (Å²) >= 11 is 1.70. The topological polar surface area (TPSA) is 17.3 Å². The van der Waals surface area contributed by atoms with Crippen LogP contribution < -0.4 is 4.80 Å². The van der Waals surface area contributed by atoms with E-state index in [-0.39, 0.29) is 0 Å². The van der Waals surface area contributed by atoms with Gasteiger partial charge in [0.1, 0.15) is 0 Å². The Morgan fingerprint density at radius 3 is 2.50 bits per heavy atom. The van der Waals surface area contributed by atoms with Crippen LogP contribution in [0.25, 0.3) is 0 Å². The van der Waals surface area contributed by atoms with Gasteiger partial charge < -0.3 is 4.57 Å². The third kappa shape index (κ3) is 3.04. The monoisotopic (exact) mass is 308 g/mol. The number of hydrogen-bond acceptors (Lipinski definition) is 2. The highest BCUT2D eigenvalue weighted by Crippen LogP contribution is 2.21. The van der Waals surface area contributed by atoms with Crippen molar-refractivity contribution in [2.24, 2.45) is 4.99 Å². The molecule has 0 radical (unpaired) electrons. The second-order valence-corrected chi connectivity index (χ2v) is 6.40. The smallest absolute Gasteiger partial charge is 0.190 e. The average molecular weight is 308 g/mol. The molecule has 0 spiro atoms. The predicted molar refractivity (Wildman–Crippen MR) is 93.7 cm³/mol. The summed E-state index contributed by atoms with van der Waals surface area (Å²) in [5.74, 6) is 0. The molecule has 0 fully saturated rings. The van der Waals surface area contributed by atoms with Gasteiger partial charge in [-0.2, -0.15) is 0 Å². The third-order valence-electron chi connectivity index (χ3n) is 3.97. The zero-order valence-electron chi connectivity index (χ0n) is 13.2. The van der Waals surface area contributed by atoms with Gasteiger partial charge in [0.15, 0.2) is 4.80 Å². The van der Waals surface area contributed by atoms with Gasteiger partial charge in [0.05, 0.1) is 12.2 Å². The van der Waals surface area contributed by atoms with Crippen molar-refractivity contribution in [2.75, 3.05) is 0 Å². The predicted octanol–water partition coefficient (Wildman–Crippen LogP) is 4.76. The molecule has 0 atom stereocenters. The molecule has 3 aromatic rings. The van der Waals surface area contributed by atoms with Gasteiger partial charge in [0.2, 0.25) is 0 Å². The first-order valence-corrected chi connectivity index (χ1v) is 8.33. The molecule has 0 aliphatic heterocycles. The van der Waals surface area contributed by atoms with Gasteiger partial charge in [-0.25, -0.2) is 4.99 Å². The molecule has 0 saturated carbocycles. The van der Waals surface area contributed by atoms with Crippen LogP contribution in [0.3, 0.4) is 0 Å². The van der Waals surface area contributed by atoms with Crippen molar-refractivity contribution in [3.63, 3.8) is 0 Å². The standard InChI is InChI=1S/C19H20N2S/c1-14-8-7-11-18(16(14)3)20-19-21(15(2)13-22-19)12-17-9-5-4-6-10-17/h4-11,13H,12H2,1-3H3. The lowest BCUT2D eigenvalue weighted by atomic mass is 10.1. The fourth-order valence-corrected chi connectivity index (χ4v) is 3.31. The summed E-state index contributed by atoms with van der Waals surface area (Å²) in [6, 6.07) is 16.8. The quantitative estimate of drug-likeness (QED) is 0.664. The summed E-state index contributed by atoms with van der Waals surface area (Å²) < 4.78 is 2.28. The number of thiazole rings is 1. The zero-order valence-corrected chi connectivity index (χ0v) is 14.0. The van der Waals surface area contributed by atoms with Crippen LogP contribution in [-0.2, 0) is 6.54 Å². The highest BCUT2D eigenvalue weighted by Gasteiger charge is 2.04. The van der Waals surface area contributed by atoms with Crippen molar-refractivity contribution in [3.8, 4) is 0 Å². The summed E-state index contributed by atoms with van der Waals surface area (Å²) in [7, 11) is 0. The Kier molecular flexibility index (Phi) is 4.25. The number of hydrogen-bond donors (Lipinski definition) is 0. The Balaban J connectivity index is 2.05. The molecule has 0 bridgehead atoms. The first-order valence-electron chi connectivity index (χ1n) is 7.45. The largest absolute Gasteiger partial charge is 0.317 e. The fraction of sp³-hybridized carbons (Fsp3) is 0.211. The second-order valence-electron chi connectivity index (χ2n) is 5.56. The fourth-order valence-electron chi connectivity index (χ4n) is 2.42. The van der Waals surface area contributed by atoms with Gasteiger partial charge in [0, 0.05) is 11.1 Å². The van der Waals surface area contributed by atoms with Crippen molar-refractivity contribution < 1.29 is 0 Å². The van der Waals surface area contributed by atoms with Crippen molar-refractivity contribution in [1.82, 2.24) is 4.57 Å². The van der Waals surface area contributed by atoms with E-state index in [1.165, 1.54) is 22.4 Å². The summed E-state index contributed by atoms with van der Waals surface area (Å²) in [5, 5.41) is 2.17. The minimum Gasteiger partial charge on any atom is -0.317 e. The minimum atomic E-state index is 0.861. The number of rotatable bonds is 3. The van der Waals surface area contributed by atoms with Crippen LogP contribution in [0.1, 0.15) is 22.4 Å². The molecule has 1 heterocycles. The molecule has 0 aliphatic rings. The summed E-state index contributed by atoms with van der Waals surface area (Å²) in [6.07, 6.45) is 0. The summed E-state index contributed by atoms with van der Waals surface area (Å²) in [4.78, 5) is 5.95. The van der Waals surface area contributed by atoms with Crippen LogP contribution in [-0.4, -0.2) is 4.57 Å². The van der Waals surface area contributed by atoms with E-state index in [4.69, 9.17) is 4.99 Å². The Bertz CT molecular complexity index is 841. The van der Waals surface area contributed by atoms with Crippen LogP contribution in [0.4, 0.5) is 5.69 Å². The molecule has 0 saturated heterocycles. The number of nitrogens with zero attached hydrogens (tertiary/aromatic N) is 2. The molecule has 112 valence electrons. The molecule has 0 aliphatic carbocycles. The van der Waals surface area contributed by atoms with E-state index in [1.54, 1.807) is 11.3 Å². The maximum absolute atomic E-state index is 4.90. The molecule has 2 aromatic carbocycles. The molecule has 3 rings (SSSR count). The lowest BCUT2D eigenvalue weighted by molar-refractivity contribution is 0.742. The van der Waals surface area contributed by atoms with E-state index < -0.39 is 0 Å². The minimum absolute atomic E-state index is 0.861. The first kappa shape index (κ1) is 14.8. The number of benzene rings is 2. The van der Waals surface area contributed by atoms with E-state index in [0.29, 0.717) is 0 Å². The average Bonchev–Trinajstić information content (AvgIpc) is 2.86. The summed E-state index contributed by atoms with van der Waals surface area (Å²) in [6.45, 7) is 7.27. The van der Waals surface area contributed by atoms with Crippen molar-refractivity contribution in [2.45, 2.75) is 27.3 Å². The van der Waals surface area contributed by atoms with E-state index in [0.717, 1.165) is 17.0 Å². The van der Waals surface area contributed by atoms with Crippen molar-refractivity contribution in [1.29, 1.82) is 0 Å². The van der Waals surface area contributed by atoms with Crippen LogP contribution >= 0.6 is 11.3 Å². The lowest BCUT2D eigenvalue weighted by Gasteiger charge is -2.07. The van der Waals surface area contributed by atoms with Crippen LogP contribution in [0.5, 0.6) is 0 Å². The lowest BCUT2D eigenvalue weighted by Crippen LogP contribution is -2.16. The van der Waals surface area contributed by atoms with Gasteiger partial charge in [-0.05, 0) is 43.5 Å². The molecular formula is C19H20N2S. The molecular weight excluding hydrogens is 288 g/mol. The SMILES string of the molecule is Cc1cccc(N=c2scc(C)n2Cc2ccccc2)c1C. The molecule has 2 nitrogen and oxygen atoms in total. The summed E-state index contributed by atoms with van der Waals surface area (Å²) in [5.41, 5.74) is 6.14. The Labute approximate surface area is 135 Å². The normalized spacial score (nSPS) is 11.9. The highest BCUT2D eigenvalue weighted by molar-refractivity contribution is 7.07. The third-order valence-corrected chi connectivity index (χ3v) is 4.95. The van der Waals surface area contributed by atoms with E-state index in [2.05, 4.69) is 79.2 Å². The maximum atomic E-state index is 4.90. The van der Waals surface area contributed by atoms with Gasteiger partial charge in [-0.3, -0.25) is 0 Å². The molecule has 0 N–H and O–H groups in total. The number of aryl methyl sites for hydroxylation is 2. The Morgan fingerprint density at radius 1 is 0.955 bits per heavy atom. The first-order chi connectivity index (χ1) is 10.6. The maximum Gasteiger partial charge on any atom is 0.190 e. The molecule has 0 amide bonds. The van der Waals surface area contributed by atoms with Crippen LogP contribution in [0.15, 0.2) is 58.9 Å². The van der Waals surface area contributed by atoms with Gasteiger partial charge in [-0.1, -0.05) is 42.5 Å². The zero-order chi connectivity index (χ0) is 15.5. The van der Waals surface area contributed by atoms with Crippen LogP contribution in [0.2, 0.25) is 0 Å².